The number of allylic oxidation sites excluding steroid dienone is 2. The van der Waals surface area contributed by atoms with Gasteiger partial charge in [-0.15, -0.1) is 0 Å². The number of hydrogen-bond acceptors (Lipinski definition) is 1. The van der Waals surface area contributed by atoms with E-state index in [1.165, 1.54) is 0 Å². The van der Waals surface area contributed by atoms with Gasteiger partial charge in [-0.05, 0) is 31.6 Å². The van der Waals surface area contributed by atoms with Gasteiger partial charge in [0.25, 0.3) is 0 Å². The summed E-state index contributed by atoms with van der Waals surface area (Å²) in [7, 11) is 0. The maximum atomic E-state index is 10.8. The number of rotatable bonds is 1. The maximum absolute atomic E-state index is 10.8. The lowest BCUT2D eigenvalue weighted by Gasteiger charge is -2.20. The van der Waals surface area contributed by atoms with Crippen LogP contribution in [0.25, 0.3) is 0 Å². The van der Waals surface area contributed by atoms with Crippen LogP contribution in [0.5, 0.6) is 0 Å². The van der Waals surface area contributed by atoms with Gasteiger partial charge in [-0.25, -0.2) is 0 Å². The first-order valence-electron chi connectivity index (χ1n) is 4.59. The average molecular weight is 168 g/mol. The lowest BCUT2D eigenvalue weighted by atomic mass is 9.85. The van der Waals surface area contributed by atoms with E-state index in [0.717, 1.165) is 25.7 Å². The Kier molecular flexibility index (Phi) is 3.32. The van der Waals surface area contributed by atoms with Crippen molar-refractivity contribution in [2.24, 2.45) is 11.8 Å². The van der Waals surface area contributed by atoms with E-state index in [9.17, 15) is 4.79 Å². The van der Waals surface area contributed by atoms with Gasteiger partial charge in [-0.2, -0.15) is 0 Å². The van der Waals surface area contributed by atoms with E-state index in [1.807, 2.05) is 6.92 Å². The van der Waals surface area contributed by atoms with E-state index in [1.54, 1.807) is 0 Å². The minimum atomic E-state index is -0.627. The van der Waals surface area contributed by atoms with Crippen LogP contribution in [0.3, 0.4) is 0 Å². The van der Waals surface area contributed by atoms with Crippen LogP contribution in [-0.2, 0) is 4.79 Å². The molecule has 1 N–H and O–H groups in total. The summed E-state index contributed by atoms with van der Waals surface area (Å²) < 4.78 is 0. The van der Waals surface area contributed by atoms with Gasteiger partial charge < -0.3 is 5.11 Å². The molecule has 0 fully saturated rings. The molecule has 1 rings (SSSR count). The molecule has 0 amide bonds. The SMILES string of the molecule is C[C@H]1CC/C=C\CC[C@@H]1C(=O)O. The van der Waals surface area contributed by atoms with Crippen LogP contribution in [0.15, 0.2) is 12.2 Å². The Balaban J connectivity index is 2.58. The van der Waals surface area contributed by atoms with Crippen molar-refractivity contribution >= 4 is 5.97 Å². The van der Waals surface area contributed by atoms with Crippen molar-refractivity contribution < 1.29 is 9.90 Å². The Labute approximate surface area is 73.3 Å². The molecular formula is C10H16O2. The molecule has 0 saturated carbocycles. The van der Waals surface area contributed by atoms with Crippen LogP contribution in [0, 0.1) is 11.8 Å². The van der Waals surface area contributed by atoms with Crippen molar-refractivity contribution in [3.8, 4) is 0 Å². The summed E-state index contributed by atoms with van der Waals surface area (Å²) in [6.07, 6.45) is 8.02. The normalized spacial score (nSPS) is 33.4. The second-order valence-corrected chi connectivity index (χ2v) is 3.55. The molecule has 0 radical (unpaired) electrons. The predicted octanol–water partition coefficient (Wildman–Crippen LogP) is 2.45. The lowest BCUT2D eigenvalue weighted by Crippen LogP contribution is -2.22. The van der Waals surface area contributed by atoms with E-state index in [-0.39, 0.29) is 5.92 Å². The molecule has 0 aliphatic heterocycles. The lowest BCUT2D eigenvalue weighted by molar-refractivity contribution is -0.143. The van der Waals surface area contributed by atoms with Crippen LogP contribution in [0.4, 0.5) is 0 Å². The van der Waals surface area contributed by atoms with Crippen LogP contribution < -0.4 is 0 Å². The smallest absolute Gasteiger partial charge is 0.306 e. The van der Waals surface area contributed by atoms with E-state index >= 15 is 0 Å². The molecule has 2 heteroatoms. The highest BCUT2D eigenvalue weighted by atomic mass is 16.4. The zero-order chi connectivity index (χ0) is 8.97. The summed E-state index contributed by atoms with van der Waals surface area (Å²) in [6, 6.07) is 0. The van der Waals surface area contributed by atoms with E-state index in [0.29, 0.717) is 5.92 Å². The standard InChI is InChI=1S/C10H16O2/c1-8-6-4-2-3-5-7-9(8)10(11)12/h2-3,8-9H,4-7H2,1H3,(H,11,12)/b3-2-/t8-,9-/m0/s1. The molecule has 0 spiro atoms. The van der Waals surface area contributed by atoms with E-state index < -0.39 is 5.97 Å². The van der Waals surface area contributed by atoms with Crippen molar-refractivity contribution in [2.45, 2.75) is 32.6 Å². The van der Waals surface area contributed by atoms with E-state index in [4.69, 9.17) is 5.11 Å². The van der Waals surface area contributed by atoms with Gasteiger partial charge in [0, 0.05) is 0 Å². The van der Waals surface area contributed by atoms with E-state index in [2.05, 4.69) is 12.2 Å². The van der Waals surface area contributed by atoms with Crippen LogP contribution >= 0.6 is 0 Å². The van der Waals surface area contributed by atoms with Gasteiger partial charge in [0.2, 0.25) is 0 Å². The Bertz CT molecular complexity index is 184. The highest BCUT2D eigenvalue weighted by Crippen LogP contribution is 2.24. The van der Waals surface area contributed by atoms with Gasteiger partial charge in [0.05, 0.1) is 5.92 Å². The molecule has 2 nitrogen and oxygen atoms in total. The summed E-state index contributed by atoms with van der Waals surface area (Å²) >= 11 is 0. The topological polar surface area (TPSA) is 37.3 Å². The third-order valence-corrected chi connectivity index (χ3v) is 2.60. The molecule has 0 heterocycles. The van der Waals surface area contributed by atoms with Crippen LogP contribution in [-0.4, -0.2) is 11.1 Å². The Morgan fingerprint density at radius 3 is 2.50 bits per heavy atom. The number of hydrogen-bond donors (Lipinski definition) is 1. The molecule has 12 heavy (non-hydrogen) atoms. The fourth-order valence-corrected chi connectivity index (χ4v) is 1.72. The zero-order valence-corrected chi connectivity index (χ0v) is 7.49. The molecule has 2 atom stereocenters. The van der Waals surface area contributed by atoms with Gasteiger partial charge in [0.1, 0.15) is 0 Å². The first kappa shape index (κ1) is 9.30. The summed E-state index contributed by atoms with van der Waals surface area (Å²) in [4.78, 5) is 10.8. The minimum absolute atomic E-state index is 0.130. The Morgan fingerprint density at radius 2 is 1.92 bits per heavy atom. The molecule has 0 aromatic carbocycles. The third kappa shape index (κ3) is 2.36. The fourth-order valence-electron chi connectivity index (χ4n) is 1.72. The van der Waals surface area contributed by atoms with Gasteiger partial charge >= 0.3 is 5.97 Å². The molecule has 0 aromatic heterocycles. The molecule has 68 valence electrons. The second-order valence-electron chi connectivity index (χ2n) is 3.55. The maximum Gasteiger partial charge on any atom is 0.306 e. The summed E-state index contributed by atoms with van der Waals surface area (Å²) in [5.41, 5.74) is 0. The quantitative estimate of drug-likeness (QED) is 0.610. The number of aliphatic carboxylic acids is 1. The second kappa shape index (κ2) is 4.29. The average Bonchev–Trinajstić information content (AvgIpc) is 1.96. The minimum Gasteiger partial charge on any atom is -0.481 e. The number of carbonyl (C=O) groups is 1. The molecular weight excluding hydrogens is 152 g/mol. The number of carboxylic acid groups (broad SMARTS) is 1. The third-order valence-electron chi connectivity index (χ3n) is 2.60. The number of carboxylic acids is 1. The van der Waals surface area contributed by atoms with Gasteiger partial charge in [0.15, 0.2) is 0 Å². The Morgan fingerprint density at radius 1 is 1.33 bits per heavy atom. The molecule has 0 unspecified atom stereocenters. The largest absolute Gasteiger partial charge is 0.481 e. The summed E-state index contributed by atoms with van der Waals surface area (Å²) in [5, 5.41) is 8.90. The van der Waals surface area contributed by atoms with Crippen molar-refractivity contribution in [3.63, 3.8) is 0 Å². The molecule has 0 saturated heterocycles. The monoisotopic (exact) mass is 168 g/mol. The Hall–Kier alpha value is -0.790. The molecule has 1 aliphatic rings. The molecule has 0 bridgehead atoms. The van der Waals surface area contributed by atoms with Crippen molar-refractivity contribution in [2.75, 3.05) is 0 Å². The van der Waals surface area contributed by atoms with Crippen molar-refractivity contribution in [3.05, 3.63) is 12.2 Å². The van der Waals surface area contributed by atoms with Crippen molar-refractivity contribution in [1.82, 2.24) is 0 Å². The highest BCUT2D eigenvalue weighted by Gasteiger charge is 2.23. The first-order valence-corrected chi connectivity index (χ1v) is 4.59. The van der Waals surface area contributed by atoms with Crippen molar-refractivity contribution in [1.29, 1.82) is 0 Å². The summed E-state index contributed by atoms with van der Waals surface area (Å²) in [5.74, 6) is -0.430. The summed E-state index contributed by atoms with van der Waals surface area (Å²) in [6.45, 7) is 2.04. The fraction of sp³-hybridized carbons (Fsp3) is 0.700. The highest BCUT2D eigenvalue weighted by molar-refractivity contribution is 5.70. The first-order chi connectivity index (χ1) is 5.72. The molecule has 0 aromatic rings. The zero-order valence-electron chi connectivity index (χ0n) is 7.49. The van der Waals surface area contributed by atoms with Crippen LogP contribution in [0.1, 0.15) is 32.6 Å². The van der Waals surface area contributed by atoms with Crippen LogP contribution in [0.2, 0.25) is 0 Å². The van der Waals surface area contributed by atoms with Gasteiger partial charge in [-0.3, -0.25) is 4.79 Å². The van der Waals surface area contributed by atoms with Gasteiger partial charge in [-0.1, -0.05) is 19.1 Å². The predicted molar refractivity (Wildman–Crippen MR) is 47.9 cm³/mol. The molecule has 1 aliphatic carbocycles.